The van der Waals surface area contributed by atoms with Crippen LogP contribution in [0.3, 0.4) is 0 Å². The molecule has 0 aliphatic rings. The molecule has 0 radical (unpaired) electrons. The van der Waals surface area contributed by atoms with Gasteiger partial charge in [0.25, 0.3) is 5.41 Å². The highest BCUT2D eigenvalue weighted by atomic mass is 19.4. The lowest BCUT2D eigenvalue weighted by molar-refractivity contribution is -0.531. The number of alkyl halides is 8. The van der Waals surface area contributed by atoms with Crippen molar-refractivity contribution in [1.82, 2.24) is 0 Å². The first-order valence-corrected chi connectivity index (χ1v) is 3.41. The van der Waals surface area contributed by atoms with E-state index in [4.69, 9.17) is 0 Å². The van der Waals surface area contributed by atoms with E-state index in [0.29, 0.717) is 0 Å². The first-order chi connectivity index (χ1) is 7.43. The van der Waals surface area contributed by atoms with Crippen molar-refractivity contribution in [1.29, 1.82) is 0 Å². The van der Waals surface area contributed by atoms with Crippen molar-refractivity contribution in [3.8, 4) is 0 Å². The van der Waals surface area contributed by atoms with Gasteiger partial charge >= 0.3 is 18.4 Å². The lowest BCUT2D eigenvalue weighted by Crippen LogP contribution is -2.64. The van der Waals surface area contributed by atoms with Crippen LogP contribution < -0.4 is 0 Å². The molecule has 0 aliphatic heterocycles. The molecule has 0 aromatic carbocycles. The Hall–Kier alpha value is -0.780. The molecule has 2 nitrogen and oxygen atoms in total. The van der Waals surface area contributed by atoms with Crippen molar-refractivity contribution in [2.45, 2.75) is 18.4 Å². The van der Waals surface area contributed by atoms with Crippen LogP contribution in [0.2, 0.25) is 0 Å². The van der Waals surface area contributed by atoms with Crippen molar-refractivity contribution >= 4 is 0 Å². The summed E-state index contributed by atoms with van der Waals surface area (Å²) in [5.74, 6) is 0. The van der Waals surface area contributed by atoms with Crippen LogP contribution >= 0.6 is 0 Å². The molecule has 104 valence electrons. The molecule has 0 spiro atoms. The van der Waals surface area contributed by atoms with Crippen LogP contribution in [0, 0.1) is 5.41 Å². The van der Waals surface area contributed by atoms with E-state index in [-0.39, 0.29) is 0 Å². The molecule has 0 saturated heterocycles. The third-order valence-electron chi connectivity index (χ3n) is 1.87. The summed E-state index contributed by atoms with van der Waals surface area (Å²) in [4.78, 5) is 2.78. The number of hydrogen-bond acceptors (Lipinski definition) is 2. The molecule has 0 bridgehead atoms. The van der Waals surface area contributed by atoms with E-state index in [1.807, 2.05) is 0 Å². The fraction of sp³-hybridized carbons (Fsp3) is 1.00. The van der Waals surface area contributed by atoms with E-state index < -0.39 is 30.5 Å². The molecular weight excluding hydrogens is 282 g/mol. The van der Waals surface area contributed by atoms with Gasteiger partial charge in [-0.15, -0.1) is 9.88 Å². The molecule has 0 aliphatic carbocycles. The Morgan fingerprint density at radius 2 is 1.00 bits per heavy atom. The number of rotatable bonds is 5. The van der Waals surface area contributed by atoms with Crippen LogP contribution in [-0.2, 0) is 9.88 Å². The second-order valence-electron chi connectivity index (χ2n) is 2.72. The maximum absolute atomic E-state index is 12.4. The molecule has 17 heavy (non-hydrogen) atoms. The van der Waals surface area contributed by atoms with Gasteiger partial charge in [-0.2, -0.15) is 30.7 Å². The average Bonchev–Trinajstić information content (AvgIpc) is 2.16. The predicted molar refractivity (Wildman–Crippen MR) is 28.7 cm³/mol. The first kappa shape index (κ1) is 16.2. The molecular formula is C5H2F10O2. The lowest BCUT2D eigenvalue weighted by Gasteiger charge is -2.38. The monoisotopic (exact) mass is 284 g/mol. The smallest absolute Gasteiger partial charge is 0.249 e. The molecule has 0 rings (SSSR count). The summed E-state index contributed by atoms with van der Waals surface area (Å²) in [6, 6.07) is 0. The SMILES string of the molecule is FCC(C(F)(F)F)(C(F)(F)OF)C(F)(F)OF. The van der Waals surface area contributed by atoms with Gasteiger partial charge in [0, 0.05) is 0 Å². The Morgan fingerprint density at radius 3 is 1.12 bits per heavy atom. The Labute approximate surface area is 85.9 Å². The van der Waals surface area contributed by atoms with Gasteiger partial charge in [-0.1, -0.05) is 0 Å². The highest BCUT2D eigenvalue weighted by molar-refractivity contribution is 4.99. The minimum Gasteiger partial charge on any atom is -0.249 e. The minimum atomic E-state index is -6.77. The zero-order valence-electron chi connectivity index (χ0n) is 7.30. The molecule has 0 unspecified atom stereocenters. The second-order valence-corrected chi connectivity index (χ2v) is 2.72. The van der Waals surface area contributed by atoms with Gasteiger partial charge in [0.15, 0.2) is 0 Å². The van der Waals surface area contributed by atoms with Crippen molar-refractivity contribution in [3.05, 3.63) is 0 Å². The van der Waals surface area contributed by atoms with Crippen molar-refractivity contribution in [2.24, 2.45) is 5.41 Å². The molecule has 12 heteroatoms. The third-order valence-corrected chi connectivity index (χ3v) is 1.87. The van der Waals surface area contributed by atoms with Crippen LogP contribution in [0.25, 0.3) is 0 Å². The van der Waals surface area contributed by atoms with Gasteiger partial charge in [-0.3, -0.25) is 0 Å². The van der Waals surface area contributed by atoms with E-state index >= 15 is 0 Å². The Bertz CT molecular complexity index is 244. The fourth-order valence-corrected chi connectivity index (χ4v) is 0.862. The quantitative estimate of drug-likeness (QED) is 0.719. The number of halogens is 10. The lowest BCUT2D eigenvalue weighted by atomic mass is 9.85. The standard InChI is InChI=1S/C5H2F10O2/c6-1-2(3(7,8)9,4(10,11)16-14)5(12,13)17-15/h1H2. The molecule has 0 aromatic rings. The highest BCUT2D eigenvalue weighted by Crippen LogP contribution is 2.59. The van der Waals surface area contributed by atoms with E-state index in [0.717, 1.165) is 0 Å². The zero-order valence-corrected chi connectivity index (χ0v) is 7.30. The van der Waals surface area contributed by atoms with Gasteiger partial charge in [0.1, 0.15) is 6.67 Å². The van der Waals surface area contributed by atoms with Crippen molar-refractivity contribution < 1.29 is 54.1 Å². The van der Waals surface area contributed by atoms with Gasteiger partial charge in [0.2, 0.25) is 0 Å². The Balaban J connectivity index is 6.00. The highest BCUT2D eigenvalue weighted by Gasteiger charge is 2.85. The molecule has 0 heterocycles. The van der Waals surface area contributed by atoms with Crippen LogP contribution in [-0.4, -0.2) is 25.1 Å². The van der Waals surface area contributed by atoms with Gasteiger partial charge in [-0.25, -0.2) is 4.39 Å². The van der Waals surface area contributed by atoms with Crippen LogP contribution in [0.4, 0.5) is 44.2 Å². The summed E-state index contributed by atoms with van der Waals surface area (Å²) in [5.41, 5.74) is -6.16. The summed E-state index contributed by atoms with van der Waals surface area (Å²) in [5, 5.41) is 0. The third kappa shape index (κ3) is 2.14. The largest absolute Gasteiger partial charge is 0.414 e. The first-order valence-electron chi connectivity index (χ1n) is 3.41. The van der Waals surface area contributed by atoms with Crippen molar-refractivity contribution in [3.63, 3.8) is 0 Å². The second kappa shape index (κ2) is 4.48. The van der Waals surface area contributed by atoms with E-state index in [2.05, 4.69) is 0 Å². The van der Waals surface area contributed by atoms with E-state index in [1.54, 1.807) is 0 Å². The summed E-state index contributed by atoms with van der Waals surface area (Å²) >= 11 is 0. The fourth-order valence-electron chi connectivity index (χ4n) is 0.862. The Morgan fingerprint density at radius 1 is 0.706 bits per heavy atom. The zero-order chi connectivity index (χ0) is 14.1. The maximum Gasteiger partial charge on any atom is 0.414 e. The minimum absolute atomic E-state index is 1.39. The molecule has 0 aromatic heterocycles. The molecule has 0 fully saturated rings. The van der Waals surface area contributed by atoms with Gasteiger partial charge in [-0.05, 0) is 9.05 Å². The summed E-state index contributed by atoms with van der Waals surface area (Å²) in [6.07, 6.45) is -19.6. The van der Waals surface area contributed by atoms with E-state index in [1.165, 1.54) is 9.88 Å². The topological polar surface area (TPSA) is 18.5 Å². The van der Waals surface area contributed by atoms with E-state index in [9.17, 15) is 44.2 Å². The number of hydrogen-bond donors (Lipinski definition) is 0. The molecule has 0 N–H and O–H groups in total. The average molecular weight is 284 g/mol. The van der Waals surface area contributed by atoms with Gasteiger partial charge < -0.3 is 0 Å². The Kier molecular flexibility index (Phi) is 4.27. The van der Waals surface area contributed by atoms with Crippen molar-refractivity contribution in [2.75, 3.05) is 6.67 Å². The molecule has 0 saturated carbocycles. The molecule has 0 amide bonds. The normalized spacial score (nSPS) is 15.2. The molecule has 0 atom stereocenters. The summed E-state index contributed by atoms with van der Waals surface area (Å²) in [7, 11) is 0. The maximum atomic E-state index is 12.4. The van der Waals surface area contributed by atoms with Gasteiger partial charge in [0.05, 0.1) is 0 Å². The van der Waals surface area contributed by atoms with Crippen LogP contribution in [0.5, 0.6) is 0 Å². The summed E-state index contributed by atoms with van der Waals surface area (Å²) in [6.45, 7) is -3.59. The van der Waals surface area contributed by atoms with Crippen LogP contribution in [0.1, 0.15) is 0 Å². The van der Waals surface area contributed by atoms with Crippen LogP contribution in [0.15, 0.2) is 0 Å². The predicted octanol–water partition coefficient (Wildman–Crippen LogP) is 3.49. The summed E-state index contributed by atoms with van der Waals surface area (Å²) < 4.78 is 120.